The second-order valence-electron chi connectivity index (χ2n) is 3.56. The topological polar surface area (TPSA) is 46.2 Å². The summed E-state index contributed by atoms with van der Waals surface area (Å²) in [4.78, 5) is 1.11. The minimum absolute atomic E-state index is 0.0105. The van der Waals surface area contributed by atoms with Crippen LogP contribution in [0, 0.1) is 0 Å². The second-order valence-corrected chi connectivity index (χ2v) is 4.88. The Balaban J connectivity index is 2.64. The lowest BCUT2D eigenvalue weighted by Gasteiger charge is -2.09. The van der Waals surface area contributed by atoms with Crippen molar-refractivity contribution in [2.45, 2.75) is 30.0 Å². The molecule has 2 nitrogen and oxygen atoms in total. The first-order valence-corrected chi connectivity index (χ1v) is 5.64. The predicted octanol–water partition coefficient (Wildman–Crippen LogP) is 2.18. The molecule has 0 bridgehead atoms. The summed E-state index contributed by atoms with van der Waals surface area (Å²) < 4.78 is 0. The summed E-state index contributed by atoms with van der Waals surface area (Å²) in [5, 5.41) is 8.57. The smallest absolute Gasteiger partial charge is 0.0789 e. The molecule has 1 rings (SSSR count). The van der Waals surface area contributed by atoms with Crippen LogP contribution in [-0.4, -0.2) is 17.1 Å². The lowest BCUT2D eigenvalue weighted by molar-refractivity contribution is 0.296. The third-order valence-corrected chi connectivity index (χ3v) is 3.01. The summed E-state index contributed by atoms with van der Waals surface area (Å²) in [6, 6.07) is 8.32. The summed E-state index contributed by atoms with van der Waals surface area (Å²) in [7, 11) is 0. The molecular formula is C11H17NOS. The monoisotopic (exact) mass is 211 g/mol. The van der Waals surface area contributed by atoms with Crippen LogP contribution in [-0.2, 0) is 0 Å². The molecule has 0 radical (unpaired) electrons. The Morgan fingerprint density at radius 1 is 1.29 bits per heavy atom. The van der Waals surface area contributed by atoms with Gasteiger partial charge in [-0.2, -0.15) is 0 Å². The van der Waals surface area contributed by atoms with Gasteiger partial charge < -0.3 is 10.8 Å². The van der Waals surface area contributed by atoms with E-state index in [1.807, 2.05) is 0 Å². The average molecular weight is 211 g/mol. The van der Waals surface area contributed by atoms with Gasteiger partial charge in [0.1, 0.15) is 0 Å². The molecule has 0 saturated carbocycles. The standard InChI is InChI=1S/C11H17NOS/c1-8(2)9-3-5-10(6-4-9)14-11(12)7-13/h3-6,8,11,13H,7,12H2,1-2H3. The van der Waals surface area contributed by atoms with E-state index >= 15 is 0 Å². The Labute approximate surface area is 89.5 Å². The molecule has 0 aliphatic carbocycles. The van der Waals surface area contributed by atoms with Crippen LogP contribution in [0.2, 0.25) is 0 Å². The van der Waals surface area contributed by atoms with Gasteiger partial charge in [-0.25, -0.2) is 0 Å². The second kappa shape index (κ2) is 5.39. The number of benzene rings is 1. The molecule has 1 unspecified atom stereocenters. The van der Waals surface area contributed by atoms with E-state index < -0.39 is 0 Å². The third kappa shape index (κ3) is 3.33. The molecule has 1 atom stereocenters. The van der Waals surface area contributed by atoms with Crippen molar-refractivity contribution < 1.29 is 5.11 Å². The van der Waals surface area contributed by atoms with Crippen molar-refractivity contribution in [2.75, 3.05) is 6.61 Å². The number of nitrogens with two attached hydrogens (primary N) is 1. The maximum absolute atomic E-state index is 8.79. The molecule has 0 amide bonds. The van der Waals surface area contributed by atoms with Gasteiger partial charge in [0, 0.05) is 4.90 Å². The van der Waals surface area contributed by atoms with Gasteiger partial charge in [0.15, 0.2) is 0 Å². The van der Waals surface area contributed by atoms with Crippen molar-refractivity contribution in [2.24, 2.45) is 5.73 Å². The summed E-state index contributed by atoms with van der Waals surface area (Å²) in [6.07, 6.45) is 0. The van der Waals surface area contributed by atoms with Gasteiger partial charge in [-0.1, -0.05) is 26.0 Å². The van der Waals surface area contributed by atoms with Crippen LogP contribution >= 0.6 is 11.8 Å². The zero-order chi connectivity index (χ0) is 10.6. The van der Waals surface area contributed by atoms with Gasteiger partial charge in [0.25, 0.3) is 0 Å². The SMILES string of the molecule is CC(C)c1ccc(SC(N)CO)cc1. The summed E-state index contributed by atoms with van der Waals surface area (Å²) in [5.41, 5.74) is 6.94. The fraction of sp³-hybridized carbons (Fsp3) is 0.455. The number of aliphatic hydroxyl groups is 1. The summed E-state index contributed by atoms with van der Waals surface area (Å²) >= 11 is 1.49. The van der Waals surface area contributed by atoms with E-state index in [0.29, 0.717) is 5.92 Å². The molecule has 0 spiro atoms. The van der Waals surface area contributed by atoms with Crippen LogP contribution in [0.25, 0.3) is 0 Å². The van der Waals surface area contributed by atoms with Gasteiger partial charge in [-0.15, -0.1) is 11.8 Å². The fourth-order valence-corrected chi connectivity index (χ4v) is 1.86. The number of aliphatic hydroxyl groups excluding tert-OH is 1. The molecule has 3 heteroatoms. The van der Waals surface area contributed by atoms with Gasteiger partial charge in [0.2, 0.25) is 0 Å². The van der Waals surface area contributed by atoms with Crippen LogP contribution < -0.4 is 5.73 Å². The van der Waals surface area contributed by atoms with Crippen LogP contribution in [0.15, 0.2) is 29.2 Å². The van der Waals surface area contributed by atoms with Crippen molar-refractivity contribution in [3.63, 3.8) is 0 Å². The Hall–Kier alpha value is -0.510. The van der Waals surface area contributed by atoms with Crippen molar-refractivity contribution >= 4 is 11.8 Å². The molecule has 0 aliphatic rings. The molecule has 0 aliphatic heterocycles. The van der Waals surface area contributed by atoms with E-state index in [-0.39, 0.29) is 12.0 Å². The first kappa shape index (κ1) is 11.6. The molecule has 1 aromatic carbocycles. The first-order chi connectivity index (χ1) is 6.63. The van der Waals surface area contributed by atoms with Gasteiger partial charge in [-0.3, -0.25) is 0 Å². The van der Waals surface area contributed by atoms with Crippen LogP contribution in [0.3, 0.4) is 0 Å². The molecule has 14 heavy (non-hydrogen) atoms. The van der Waals surface area contributed by atoms with Gasteiger partial charge in [-0.05, 0) is 23.6 Å². The number of hydrogen-bond acceptors (Lipinski definition) is 3. The molecule has 1 aromatic rings. The van der Waals surface area contributed by atoms with Gasteiger partial charge >= 0.3 is 0 Å². The number of hydrogen-bond donors (Lipinski definition) is 2. The molecule has 0 saturated heterocycles. The minimum atomic E-state index is -0.222. The Morgan fingerprint density at radius 2 is 1.86 bits per heavy atom. The van der Waals surface area contributed by atoms with E-state index in [1.54, 1.807) is 0 Å². The molecule has 0 fully saturated rings. The zero-order valence-electron chi connectivity index (χ0n) is 8.60. The largest absolute Gasteiger partial charge is 0.394 e. The molecule has 3 N–H and O–H groups in total. The lowest BCUT2D eigenvalue weighted by Crippen LogP contribution is -2.19. The summed E-state index contributed by atoms with van der Waals surface area (Å²) in [6.45, 7) is 4.35. The lowest BCUT2D eigenvalue weighted by atomic mass is 10.0. The van der Waals surface area contributed by atoms with E-state index in [9.17, 15) is 0 Å². The maximum Gasteiger partial charge on any atom is 0.0789 e. The van der Waals surface area contributed by atoms with E-state index in [4.69, 9.17) is 10.8 Å². The van der Waals surface area contributed by atoms with E-state index in [2.05, 4.69) is 38.1 Å². The predicted molar refractivity (Wildman–Crippen MR) is 61.4 cm³/mol. The Morgan fingerprint density at radius 3 is 2.29 bits per heavy atom. The van der Waals surface area contributed by atoms with Crippen molar-refractivity contribution in [1.82, 2.24) is 0 Å². The first-order valence-electron chi connectivity index (χ1n) is 4.76. The van der Waals surface area contributed by atoms with Crippen LogP contribution in [0.5, 0.6) is 0 Å². The van der Waals surface area contributed by atoms with Crippen molar-refractivity contribution in [3.8, 4) is 0 Å². The number of rotatable bonds is 4. The zero-order valence-corrected chi connectivity index (χ0v) is 9.42. The molecule has 0 aromatic heterocycles. The molecule has 78 valence electrons. The quantitative estimate of drug-likeness (QED) is 0.593. The highest BCUT2D eigenvalue weighted by atomic mass is 32.2. The van der Waals surface area contributed by atoms with Crippen LogP contribution in [0.1, 0.15) is 25.3 Å². The Kier molecular flexibility index (Phi) is 4.45. The van der Waals surface area contributed by atoms with Crippen LogP contribution in [0.4, 0.5) is 0 Å². The third-order valence-electron chi connectivity index (χ3n) is 2.01. The molecule has 0 heterocycles. The maximum atomic E-state index is 8.79. The highest BCUT2D eigenvalue weighted by molar-refractivity contribution is 7.99. The van der Waals surface area contributed by atoms with E-state index in [0.717, 1.165) is 4.90 Å². The Bertz CT molecular complexity index is 271. The van der Waals surface area contributed by atoms with Gasteiger partial charge in [0.05, 0.1) is 12.0 Å². The summed E-state index contributed by atoms with van der Waals surface area (Å²) in [5.74, 6) is 0.556. The van der Waals surface area contributed by atoms with Crippen molar-refractivity contribution in [3.05, 3.63) is 29.8 Å². The molecular weight excluding hydrogens is 194 g/mol. The fourth-order valence-electron chi connectivity index (χ4n) is 1.14. The number of thioether (sulfide) groups is 1. The highest BCUT2D eigenvalue weighted by Crippen LogP contribution is 2.23. The van der Waals surface area contributed by atoms with E-state index in [1.165, 1.54) is 17.3 Å². The van der Waals surface area contributed by atoms with Crippen molar-refractivity contribution in [1.29, 1.82) is 0 Å². The minimum Gasteiger partial charge on any atom is -0.394 e. The normalized spacial score (nSPS) is 13.2. The highest BCUT2D eigenvalue weighted by Gasteiger charge is 2.03. The average Bonchev–Trinajstić information content (AvgIpc) is 2.18.